The fourth-order valence-electron chi connectivity index (χ4n) is 2.85. The van der Waals surface area contributed by atoms with Crippen LogP contribution in [0, 0.1) is 6.92 Å². The van der Waals surface area contributed by atoms with Crippen molar-refractivity contribution < 1.29 is 13.9 Å². The zero-order valence-electron chi connectivity index (χ0n) is 14.1. The first-order valence-corrected chi connectivity index (χ1v) is 7.67. The Morgan fingerprint density at radius 1 is 1.28 bits per heavy atom. The lowest BCUT2D eigenvalue weighted by atomic mass is 9.83. The van der Waals surface area contributed by atoms with Gasteiger partial charge in [-0.15, -0.1) is 0 Å². The molecular weight excluding hydrogens is 325 g/mol. The Morgan fingerprint density at radius 3 is 2.48 bits per heavy atom. The van der Waals surface area contributed by atoms with Crippen molar-refractivity contribution in [2.45, 2.75) is 25.7 Å². The van der Waals surface area contributed by atoms with Crippen molar-refractivity contribution in [3.63, 3.8) is 0 Å². The number of carbonyl (C=O) groups excluding carboxylic acids is 1. The molecule has 2 heterocycles. The molecule has 25 heavy (non-hydrogen) atoms. The number of amides is 1. The van der Waals surface area contributed by atoms with Crippen LogP contribution in [0.5, 0.6) is 5.75 Å². The van der Waals surface area contributed by atoms with E-state index in [9.17, 15) is 9.18 Å². The summed E-state index contributed by atoms with van der Waals surface area (Å²) in [6, 6.07) is 5.02. The van der Waals surface area contributed by atoms with Crippen molar-refractivity contribution >= 4 is 11.9 Å². The molecule has 1 aliphatic heterocycles. The van der Waals surface area contributed by atoms with E-state index in [4.69, 9.17) is 10.5 Å². The number of ether oxygens (including phenoxy) is 1. The molecule has 1 aromatic heterocycles. The summed E-state index contributed by atoms with van der Waals surface area (Å²) >= 11 is 0. The second kappa shape index (κ2) is 6.12. The molecule has 0 saturated heterocycles. The number of rotatable bonds is 4. The molecule has 0 radical (unpaired) electrons. The lowest BCUT2D eigenvalue weighted by molar-refractivity contribution is -0.129. The minimum Gasteiger partial charge on any atom is -0.460 e. The van der Waals surface area contributed by atoms with E-state index < -0.39 is 11.9 Å². The number of hydrogen-bond donors (Lipinski definition) is 1. The van der Waals surface area contributed by atoms with Crippen LogP contribution in [0.3, 0.4) is 0 Å². The molecule has 2 unspecified atom stereocenters. The van der Waals surface area contributed by atoms with Crippen LogP contribution in [0.25, 0.3) is 0 Å². The van der Waals surface area contributed by atoms with E-state index in [1.165, 1.54) is 30.5 Å². The number of aliphatic imine (C=N–C) groups is 1. The number of aryl methyl sites for hydroxylation is 1. The molecule has 0 spiro atoms. The van der Waals surface area contributed by atoms with Crippen LogP contribution in [0.15, 0.2) is 41.9 Å². The van der Waals surface area contributed by atoms with Crippen LogP contribution in [-0.2, 0) is 10.3 Å². The Balaban J connectivity index is 2.18. The average molecular weight is 343 g/mol. The van der Waals surface area contributed by atoms with Crippen LogP contribution in [0.4, 0.5) is 4.39 Å². The number of alkyl halides is 1. The number of carbonyl (C=O) groups is 1. The van der Waals surface area contributed by atoms with E-state index in [-0.39, 0.29) is 11.9 Å². The van der Waals surface area contributed by atoms with E-state index in [0.717, 1.165) is 0 Å². The summed E-state index contributed by atoms with van der Waals surface area (Å²) in [6.45, 7) is 3.07. The highest BCUT2D eigenvalue weighted by Crippen LogP contribution is 2.40. The molecule has 2 atom stereocenters. The van der Waals surface area contributed by atoms with E-state index in [2.05, 4.69) is 15.0 Å². The van der Waals surface area contributed by atoms with Crippen molar-refractivity contribution in [2.75, 3.05) is 7.05 Å². The zero-order valence-corrected chi connectivity index (χ0v) is 14.1. The maximum absolute atomic E-state index is 13.1. The second-order valence-corrected chi connectivity index (χ2v) is 5.81. The largest absolute Gasteiger partial charge is 0.460 e. The Labute approximate surface area is 144 Å². The maximum Gasteiger partial charge on any atom is 0.266 e. The van der Waals surface area contributed by atoms with Gasteiger partial charge in [0, 0.05) is 31.9 Å². The van der Waals surface area contributed by atoms with Crippen LogP contribution < -0.4 is 10.5 Å². The summed E-state index contributed by atoms with van der Waals surface area (Å²) in [5.74, 6) is 0.185. The molecule has 7 nitrogen and oxygen atoms in total. The summed E-state index contributed by atoms with van der Waals surface area (Å²) in [6.07, 6.45) is 3.00. The van der Waals surface area contributed by atoms with Gasteiger partial charge in [-0.1, -0.05) is 6.07 Å². The number of likely N-dealkylation sites (N-methyl/N-ethyl adjacent to an activating group) is 1. The molecule has 3 rings (SSSR count). The summed E-state index contributed by atoms with van der Waals surface area (Å²) < 4.78 is 18.3. The minimum absolute atomic E-state index is 0.101. The molecule has 0 fully saturated rings. The number of nitrogens with two attached hydrogens (primary N) is 1. The molecule has 0 saturated carbocycles. The van der Waals surface area contributed by atoms with Crippen LogP contribution >= 0.6 is 0 Å². The quantitative estimate of drug-likeness (QED) is 0.908. The first-order chi connectivity index (χ1) is 11.9. The van der Waals surface area contributed by atoms with E-state index >= 15 is 0 Å². The third-order valence-corrected chi connectivity index (χ3v) is 4.10. The smallest absolute Gasteiger partial charge is 0.266 e. The van der Waals surface area contributed by atoms with Gasteiger partial charge < -0.3 is 10.5 Å². The standard InChI is InChI=1S/C17H18FN5O2/c1-10-6-12(4-5-14(10)25-11(2)18)17(13-7-20-9-21-8-13)15(24)23(3)16(19)22-17/h4-9,11H,1-3H3,(H2,19,22). The topological polar surface area (TPSA) is 93.7 Å². The second-order valence-electron chi connectivity index (χ2n) is 5.81. The van der Waals surface area contributed by atoms with Crippen LogP contribution in [0.1, 0.15) is 23.6 Å². The highest BCUT2D eigenvalue weighted by Gasteiger charge is 2.50. The fraction of sp³-hybridized carbons (Fsp3) is 0.294. The monoisotopic (exact) mass is 343 g/mol. The van der Waals surface area contributed by atoms with E-state index in [1.807, 2.05) is 0 Å². The van der Waals surface area contributed by atoms with Gasteiger partial charge in [0.25, 0.3) is 5.91 Å². The SMILES string of the molecule is Cc1cc(C2(c3cncnc3)N=C(N)N(C)C2=O)ccc1OC(C)F. The first-order valence-electron chi connectivity index (χ1n) is 7.67. The Bertz CT molecular complexity index is 840. The maximum atomic E-state index is 13.1. The van der Waals surface area contributed by atoms with Gasteiger partial charge in [-0.3, -0.25) is 9.69 Å². The normalized spacial score (nSPS) is 21.2. The molecule has 1 aromatic carbocycles. The number of hydrogen-bond acceptors (Lipinski definition) is 6. The molecule has 2 N–H and O–H groups in total. The van der Waals surface area contributed by atoms with Crippen molar-refractivity contribution in [1.82, 2.24) is 14.9 Å². The zero-order chi connectivity index (χ0) is 18.2. The van der Waals surface area contributed by atoms with Crippen molar-refractivity contribution in [3.05, 3.63) is 53.6 Å². The summed E-state index contributed by atoms with van der Waals surface area (Å²) in [4.78, 5) is 26.7. The molecular formula is C17H18FN5O2. The third kappa shape index (κ3) is 2.69. The fourth-order valence-corrected chi connectivity index (χ4v) is 2.85. The first kappa shape index (κ1) is 16.8. The average Bonchev–Trinajstić information content (AvgIpc) is 2.82. The molecule has 1 amide bonds. The summed E-state index contributed by atoms with van der Waals surface area (Å²) in [5, 5.41) is 0. The molecule has 0 bridgehead atoms. The van der Waals surface area contributed by atoms with Gasteiger partial charge in [0.15, 0.2) is 11.5 Å². The Hall–Kier alpha value is -3.03. The van der Waals surface area contributed by atoms with E-state index in [0.29, 0.717) is 22.4 Å². The minimum atomic E-state index is -1.44. The Kier molecular flexibility index (Phi) is 4.12. The highest BCUT2D eigenvalue weighted by molar-refractivity contribution is 6.08. The number of halogens is 1. The number of benzene rings is 1. The molecule has 0 aliphatic carbocycles. The van der Waals surface area contributed by atoms with Gasteiger partial charge in [0.2, 0.25) is 6.36 Å². The lowest BCUT2D eigenvalue weighted by Gasteiger charge is -2.26. The lowest BCUT2D eigenvalue weighted by Crippen LogP contribution is -2.41. The van der Waals surface area contributed by atoms with Gasteiger partial charge in [0.05, 0.1) is 0 Å². The summed E-state index contributed by atoms with van der Waals surface area (Å²) in [5.41, 5.74) is 6.28. The predicted octanol–water partition coefficient (Wildman–Crippen LogP) is 1.51. The van der Waals surface area contributed by atoms with Gasteiger partial charge in [-0.25, -0.2) is 19.4 Å². The number of guanidine groups is 1. The molecule has 8 heteroatoms. The van der Waals surface area contributed by atoms with Gasteiger partial charge in [-0.2, -0.15) is 0 Å². The van der Waals surface area contributed by atoms with E-state index in [1.54, 1.807) is 32.2 Å². The van der Waals surface area contributed by atoms with Crippen LogP contribution in [-0.4, -0.2) is 40.1 Å². The van der Waals surface area contributed by atoms with Crippen molar-refractivity contribution in [3.8, 4) is 5.75 Å². The Morgan fingerprint density at radius 2 is 1.96 bits per heavy atom. The van der Waals surface area contributed by atoms with Gasteiger partial charge in [0.1, 0.15) is 12.1 Å². The molecule has 130 valence electrons. The van der Waals surface area contributed by atoms with Gasteiger partial charge in [-0.05, 0) is 30.2 Å². The predicted molar refractivity (Wildman–Crippen MR) is 89.6 cm³/mol. The molecule has 2 aromatic rings. The highest BCUT2D eigenvalue weighted by atomic mass is 19.1. The number of aromatic nitrogens is 2. The summed E-state index contributed by atoms with van der Waals surface area (Å²) in [7, 11) is 1.56. The van der Waals surface area contributed by atoms with Gasteiger partial charge >= 0.3 is 0 Å². The van der Waals surface area contributed by atoms with Crippen molar-refractivity contribution in [1.29, 1.82) is 0 Å². The number of nitrogens with zero attached hydrogens (tertiary/aromatic N) is 4. The third-order valence-electron chi connectivity index (χ3n) is 4.10. The van der Waals surface area contributed by atoms with Crippen LogP contribution in [0.2, 0.25) is 0 Å². The molecule has 1 aliphatic rings. The van der Waals surface area contributed by atoms with Crippen molar-refractivity contribution in [2.24, 2.45) is 10.7 Å².